The first-order valence-corrected chi connectivity index (χ1v) is 14.7. The van der Waals surface area contributed by atoms with E-state index in [1.54, 1.807) is 0 Å². The lowest BCUT2D eigenvalue weighted by Crippen LogP contribution is -2.48. The lowest BCUT2D eigenvalue weighted by molar-refractivity contribution is -0.135. The van der Waals surface area contributed by atoms with Crippen molar-refractivity contribution >= 4 is 11.8 Å². The van der Waals surface area contributed by atoms with E-state index in [0.29, 0.717) is 25.1 Å². The normalized spacial score (nSPS) is 19.6. The Balaban J connectivity index is 1.43. The lowest BCUT2D eigenvalue weighted by atomic mass is 10.0. The van der Waals surface area contributed by atoms with E-state index in [1.165, 1.54) is 16.7 Å². The molecule has 5 rings (SSSR count). The van der Waals surface area contributed by atoms with Crippen LogP contribution in [0.1, 0.15) is 45.5 Å². The molecule has 2 fully saturated rings. The maximum absolute atomic E-state index is 14.0. The number of rotatable bonds is 8. The summed E-state index contributed by atoms with van der Waals surface area (Å²) >= 11 is 0. The second kappa shape index (κ2) is 13.2. The Kier molecular flexibility index (Phi) is 9.30. The van der Waals surface area contributed by atoms with Gasteiger partial charge in [-0.15, -0.1) is 0 Å². The highest BCUT2D eigenvalue weighted by Gasteiger charge is 2.43. The SMILES string of the molecule is Cc1ccc(C(=O)N2CC(N(CCc3ccccc3)Cc3ccccc3C)CC2C(=O)N2CCCNCC2)cc1. The molecule has 6 nitrogen and oxygen atoms in total. The smallest absolute Gasteiger partial charge is 0.254 e. The van der Waals surface area contributed by atoms with E-state index in [9.17, 15) is 9.59 Å². The van der Waals surface area contributed by atoms with Crippen LogP contribution in [0, 0.1) is 13.8 Å². The highest BCUT2D eigenvalue weighted by molar-refractivity contribution is 5.98. The van der Waals surface area contributed by atoms with Crippen molar-refractivity contribution in [3.05, 3.63) is 107 Å². The minimum Gasteiger partial charge on any atom is -0.340 e. The van der Waals surface area contributed by atoms with E-state index in [-0.39, 0.29) is 17.9 Å². The van der Waals surface area contributed by atoms with Gasteiger partial charge in [-0.05, 0) is 68.5 Å². The van der Waals surface area contributed by atoms with E-state index in [2.05, 4.69) is 71.7 Å². The molecule has 0 aromatic heterocycles. The first-order valence-electron chi connectivity index (χ1n) is 14.7. The molecule has 210 valence electrons. The largest absolute Gasteiger partial charge is 0.340 e. The van der Waals surface area contributed by atoms with Crippen LogP contribution in [0.15, 0.2) is 78.9 Å². The van der Waals surface area contributed by atoms with Crippen LogP contribution in [0.4, 0.5) is 0 Å². The summed E-state index contributed by atoms with van der Waals surface area (Å²) in [5, 5.41) is 3.40. The van der Waals surface area contributed by atoms with E-state index < -0.39 is 6.04 Å². The third kappa shape index (κ3) is 6.80. The van der Waals surface area contributed by atoms with Crippen molar-refractivity contribution in [3.8, 4) is 0 Å². The molecule has 2 heterocycles. The fourth-order valence-corrected chi connectivity index (χ4v) is 5.99. The molecule has 0 saturated carbocycles. The average Bonchev–Trinajstić information content (AvgIpc) is 3.24. The molecule has 2 unspecified atom stereocenters. The maximum Gasteiger partial charge on any atom is 0.254 e. The summed E-state index contributed by atoms with van der Waals surface area (Å²) in [7, 11) is 0. The summed E-state index contributed by atoms with van der Waals surface area (Å²) in [6, 6.07) is 26.5. The van der Waals surface area contributed by atoms with Gasteiger partial charge in [0.05, 0.1) is 0 Å². The number of hydrogen-bond donors (Lipinski definition) is 1. The lowest BCUT2D eigenvalue weighted by Gasteiger charge is -2.30. The number of likely N-dealkylation sites (tertiary alicyclic amines) is 1. The first kappa shape index (κ1) is 28.1. The van der Waals surface area contributed by atoms with Gasteiger partial charge in [0.15, 0.2) is 0 Å². The predicted octanol–water partition coefficient (Wildman–Crippen LogP) is 4.45. The molecule has 0 radical (unpaired) electrons. The van der Waals surface area contributed by atoms with Crippen LogP contribution in [-0.4, -0.2) is 77.9 Å². The molecule has 2 saturated heterocycles. The highest BCUT2D eigenvalue weighted by Crippen LogP contribution is 2.28. The van der Waals surface area contributed by atoms with Crippen LogP contribution in [0.5, 0.6) is 0 Å². The molecule has 2 aliphatic rings. The van der Waals surface area contributed by atoms with Crippen molar-refractivity contribution in [1.29, 1.82) is 0 Å². The van der Waals surface area contributed by atoms with Crippen LogP contribution in [-0.2, 0) is 17.8 Å². The van der Waals surface area contributed by atoms with Crippen molar-refractivity contribution in [2.24, 2.45) is 0 Å². The van der Waals surface area contributed by atoms with E-state index >= 15 is 0 Å². The number of benzene rings is 3. The van der Waals surface area contributed by atoms with Gasteiger partial charge in [0.2, 0.25) is 5.91 Å². The topological polar surface area (TPSA) is 55.9 Å². The zero-order valence-electron chi connectivity index (χ0n) is 23.9. The van der Waals surface area contributed by atoms with E-state index in [1.807, 2.05) is 41.0 Å². The fourth-order valence-electron chi connectivity index (χ4n) is 5.99. The summed E-state index contributed by atoms with van der Waals surface area (Å²) in [4.78, 5) is 34.2. The number of nitrogens with one attached hydrogen (secondary N) is 1. The van der Waals surface area contributed by atoms with Gasteiger partial charge in [0.25, 0.3) is 5.91 Å². The van der Waals surface area contributed by atoms with Gasteiger partial charge in [0, 0.05) is 50.9 Å². The Labute approximate surface area is 239 Å². The minimum absolute atomic E-state index is 0.0484. The molecule has 3 aromatic rings. The van der Waals surface area contributed by atoms with Gasteiger partial charge in [0.1, 0.15) is 6.04 Å². The van der Waals surface area contributed by atoms with Crippen LogP contribution in [0.25, 0.3) is 0 Å². The molecule has 2 atom stereocenters. The molecule has 1 N–H and O–H groups in total. The van der Waals surface area contributed by atoms with Crippen molar-refractivity contribution < 1.29 is 9.59 Å². The monoisotopic (exact) mass is 538 g/mol. The number of amides is 2. The number of hydrogen-bond acceptors (Lipinski definition) is 4. The second-order valence-electron chi connectivity index (χ2n) is 11.3. The highest BCUT2D eigenvalue weighted by atomic mass is 16.2. The summed E-state index contributed by atoms with van der Waals surface area (Å²) in [6.45, 7) is 9.54. The Bertz CT molecular complexity index is 1270. The van der Waals surface area contributed by atoms with Gasteiger partial charge in [-0.2, -0.15) is 0 Å². The zero-order valence-corrected chi connectivity index (χ0v) is 23.9. The quantitative estimate of drug-likeness (QED) is 0.460. The summed E-state index contributed by atoms with van der Waals surface area (Å²) in [5.74, 6) is 0.0401. The van der Waals surface area contributed by atoms with Crippen molar-refractivity contribution in [2.45, 2.75) is 51.7 Å². The van der Waals surface area contributed by atoms with Crippen LogP contribution in [0.3, 0.4) is 0 Å². The summed E-state index contributed by atoms with van der Waals surface area (Å²) in [5.41, 5.74) is 5.62. The van der Waals surface area contributed by atoms with Crippen molar-refractivity contribution in [1.82, 2.24) is 20.0 Å². The van der Waals surface area contributed by atoms with E-state index in [4.69, 9.17) is 0 Å². The van der Waals surface area contributed by atoms with Gasteiger partial charge in [-0.3, -0.25) is 14.5 Å². The molecule has 3 aromatic carbocycles. The van der Waals surface area contributed by atoms with Gasteiger partial charge < -0.3 is 15.1 Å². The standard InChI is InChI=1S/C34H42N4O2/c1-26-13-15-29(16-14-26)33(39)38-25-31(23-32(38)34(40)36-20-8-18-35-19-22-36)37(21-17-28-10-4-3-5-11-28)24-30-12-7-6-9-27(30)2/h3-7,9-16,31-32,35H,8,17-25H2,1-2H3. The Hall–Kier alpha value is -3.48. The predicted molar refractivity (Wildman–Crippen MR) is 160 cm³/mol. The van der Waals surface area contributed by atoms with Crippen molar-refractivity contribution in [3.63, 3.8) is 0 Å². The molecule has 40 heavy (non-hydrogen) atoms. The molecule has 2 aliphatic heterocycles. The number of aryl methyl sites for hydroxylation is 2. The third-order valence-corrected chi connectivity index (χ3v) is 8.46. The molecular formula is C34H42N4O2. The number of carbonyl (C=O) groups excluding carboxylic acids is 2. The van der Waals surface area contributed by atoms with Gasteiger partial charge in [-0.1, -0.05) is 72.3 Å². The number of nitrogens with zero attached hydrogens (tertiary/aromatic N) is 3. The van der Waals surface area contributed by atoms with Crippen molar-refractivity contribution in [2.75, 3.05) is 39.3 Å². The molecule has 0 aliphatic carbocycles. The molecule has 0 spiro atoms. The molecular weight excluding hydrogens is 496 g/mol. The average molecular weight is 539 g/mol. The molecule has 6 heteroatoms. The first-order chi connectivity index (χ1) is 19.5. The summed E-state index contributed by atoms with van der Waals surface area (Å²) < 4.78 is 0. The third-order valence-electron chi connectivity index (χ3n) is 8.46. The van der Waals surface area contributed by atoms with Crippen LogP contribution < -0.4 is 5.32 Å². The Morgan fingerprint density at radius 3 is 2.42 bits per heavy atom. The molecule has 0 bridgehead atoms. The Morgan fingerprint density at radius 1 is 0.900 bits per heavy atom. The summed E-state index contributed by atoms with van der Waals surface area (Å²) in [6.07, 6.45) is 2.51. The zero-order chi connectivity index (χ0) is 27.9. The minimum atomic E-state index is -0.451. The van der Waals surface area contributed by atoms with E-state index in [0.717, 1.165) is 51.1 Å². The van der Waals surface area contributed by atoms with Crippen LogP contribution in [0.2, 0.25) is 0 Å². The van der Waals surface area contributed by atoms with Gasteiger partial charge in [-0.25, -0.2) is 0 Å². The molecule has 2 amide bonds. The Morgan fingerprint density at radius 2 is 1.65 bits per heavy atom. The van der Waals surface area contributed by atoms with Crippen LogP contribution >= 0.6 is 0 Å². The van der Waals surface area contributed by atoms with Gasteiger partial charge >= 0.3 is 0 Å². The fraction of sp³-hybridized carbons (Fsp3) is 0.412. The number of carbonyl (C=O) groups is 2. The maximum atomic E-state index is 14.0. The second-order valence-corrected chi connectivity index (χ2v) is 11.3.